The average molecular weight is 458 g/mol. The summed E-state index contributed by atoms with van der Waals surface area (Å²) >= 11 is 4.52. The summed E-state index contributed by atoms with van der Waals surface area (Å²) in [6, 6.07) is 4.84. The quantitative estimate of drug-likeness (QED) is 0.264. The molecule has 0 fully saturated rings. The molecule has 0 bridgehead atoms. The van der Waals surface area contributed by atoms with Gasteiger partial charge in [0.2, 0.25) is 0 Å². The molecule has 32 heavy (non-hydrogen) atoms. The maximum absolute atomic E-state index is 14.2. The maximum atomic E-state index is 14.2. The van der Waals surface area contributed by atoms with Crippen molar-refractivity contribution in [2.75, 3.05) is 7.05 Å². The first kappa shape index (κ1) is 23.5. The number of nitrogens with zero attached hydrogens (tertiary/aromatic N) is 3. The summed E-state index contributed by atoms with van der Waals surface area (Å²) < 4.78 is 19.9. The van der Waals surface area contributed by atoms with Gasteiger partial charge in [0.1, 0.15) is 12.0 Å². The van der Waals surface area contributed by atoms with Gasteiger partial charge in [0, 0.05) is 43.2 Å². The lowest BCUT2D eigenvalue weighted by Gasteiger charge is -2.30. The van der Waals surface area contributed by atoms with E-state index >= 15 is 0 Å². The van der Waals surface area contributed by atoms with Crippen molar-refractivity contribution in [3.05, 3.63) is 69.4 Å². The van der Waals surface area contributed by atoms with Crippen LogP contribution in [0.3, 0.4) is 0 Å². The van der Waals surface area contributed by atoms with Crippen molar-refractivity contribution in [3.8, 4) is 11.5 Å². The van der Waals surface area contributed by atoms with E-state index in [2.05, 4.69) is 17.6 Å². The van der Waals surface area contributed by atoms with Crippen molar-refractivity contribution in [2.24, 2.45) is 0 Å². The lowest BCUT2D eigenvalue weighted by Crippen LogP contribution is -2.29. The predicted molar refractivity (Wildman–Crippen MR) is 122 cm³/mol. The minimum absolute atomic E-state index is 0.0940. The van der Waals surface area contributed by atoms with Crippen LogP contribution in [-0.4, -0.2) is 34.2 Å². The third-order valence-corrected chi connectivity index (χ3v) is 5.81. The zero-order chi connectivity index (χ0) is 23.3. The van der Waals surface area contributed by atoms with Crippen LogP contribution in [0.2, 0.25) is 0 Å². The molecule has 1 atom stereocenters. The van der Waals surface area contributed by atoms with Gasteiger partial charge in [-0.2, -0.15) is 0 Å². The minimum atomic E-state index is -0.842. The summed E-state index contributed by atoms with van der Waals surface area (Å²) in [6.45, 7) is 2.00. The first-order valence-corrected chi connectivity index (χ1v) is 10.6. The van der Waals surface area contributed by atoms with Crippen molar-refractivity contribution in [3.63, 3.8) is 0 Å². The normalized spacial score (nSPS) is 18.9. The standard InChI is InChI=1S/C23H24FN3O4S/c1-15(20-6-4-3-5-16(14-28)13-26(20)2)11-19-23(32)22(9-10-25-19)31-21-8-7-17(27(29)30)12-18(21)24/h7-14,20,32H,3-6H2,1-2H3/b15-11+,16-13+. The highest BCUT2D eigenvalue weighted by atomic mass is 32.1. The van der Waals surface area contributed by atoms with Gasteiger partial charge in [-0.05, 0) is 43.9 Å². The summed E-state index contributed by atoms with van der Waals surface area (Å²) in [6.07, 6.45) is 9.90. The maximum Gasteiger partial charge on any atom is 0.272 e. The predicted octanol–water partition coefficient (Wildman–Crippen LogP) is 5.57. The lowest BCUT2D eigenvalue weighted by atomic mass is 9.96. The number of likely N-dealkylation sites (N-methyl/N-ethyl adjacent to an activating group) is 1. The number of aromatic nitrogens is 1. The number of carbonyl (C=O) groups excluding carboxylic acids is 1. The molecular formula is C23H24FN3O4S. The summed E-state index contributed by atoms with van der Waals surface area (Å²) in [5, 5.41) is 10.8. The number of rotatable bonds is 6. The second kappa shape index (κ2) is 10.4. The minimum Gasteiger partial charge on any atom is -0.453 e. The summed E-state index contributed by atoms with van der Waals surface area (Å²) in [5.74, 6) is -0.703. The molecule has 1 aromatic heterocycles. The molecule has 2 aromatic rings. The van der Waals surface area contributed by atoms with Gasteiger partial charge in [-0.15, -0.1) is 12.6 Å². The number of nitro groups is 1. The van der Waals surface area contributed by atoms with E-state index in [0.717, 1.165) is 49.2 Å². The summed E-state index contributed by atoms with van der Waals surface area (Å²) in [5.41, 5.74) is 2.02. The number of allylic oxidation sites excluding steroid dienone is 1. The molecule has 0 amide bonds. The third-order valence-electron chi connectivity index (χ3n) is 5.36. The molecule has 7 nitrogen and oxygen atoms in total. The number of non-ortho nitro benzene ring substituents is 1. The smallest absolute Gasteiger partial charge is 0.272 e. The van der Waals surface area contributed by atoms with Crippen LogP contribution in [0.4, 0.5) is 10.1 Å². The van der Waals surface area contributed by atoms with E-state index in [-0.39, 0.29) is 23.2 Å². The van der Waals surface area contributed by atoms with E-state index in [4.69, 9.17) is 4.74 Å². The Bertz CT molecular complexity index is 1090. The first-order valence-electron chi connectivity index (χ1n) is 10.2. The van der Waals surface area contributed by atoms with E-state index in [0.29, 0.717) is 10.6 Å². The third kappa shape index (κ3) is 5.53. The van der Waals surface area contributed by atoms with Crippen molar-refractivity contribution < 1.29 is 18.8 Å². The number of thiol groups is 1. The van der Waals surface area contributed by atoms with Crippen LogP contribution in [0.5, 0.6) is 11.5 Å². The Kier molecular flexibility index (Phi) is 7.63. The van der Waals surface area contributed by atoms with Gasteiger partial charge in [-0.25, -0.2) is 4.39 Å². The van der Waals surface area contributed by atoms with Gasteiger partial charge < -0.3 is 9.64 Å². The molecule has 0 aliphatic carbocycles. The number of benzene rings is 1. The number of hydrogen-bond acceptors (Lipinski definition) is 7. The molecule has 1 unspecified atom stereocenters. The van der Waals surface area contributed by atoms with Crippen molar-refractivity contribution in [2.45, 2.75) is 43.5 Å². The Labute approximate surface area is 191 Å². The molecule has 0 radical (unpaired) electrons. The second-order valence-corrected chi connectivity index (χ2v) is 8.10. The zero-order valence-electron chi connectivity index (χ0n) is 17.8. The van der Waals surface area contributed by atoms with Crippen molar-refractivity contribution in [1.82, 2.24) is 9.88 Å². The van der Waals surface area contributed by atoms with Gasteiger partial charge in [0.05, 0.1) is 21.6 Å². The lowest BCUT2D eigenvalue weighted by molar-refractivity contribution is -0.385. The van der Waals surface area contributed by atoms with Crippen LogP contribution >= 0.6 is 12.6 Å². The zero-order valence-corrected chi connectivity index (χ0v) is 18.7. The summed E-state index contributed by atoms with van der Waals surface area (Å²) in [7, 11) is 1.95. The SMILES string of the molecule is C/C(=C\c1nccc(Oc2ccc([N+](=O)[O-])cc2F)c1S)C1CCCC/C(C=O)=C\N1C. The topological polar surface area (TPSA) is 85.6 Å². The molecular weight excluding hydrogens is 433 g/mol. The Balaban J connectivity index is 1.87. The molecule has 2 heterocycles. The van der Waals surface area contributed by atoms with E-state index in [9.17, 15) is 19.3 Å². The van der Waals surface area contributed by atoms with Gasteiger partial charge in [-0.3, -0.25) is 19.9 Å². The monoisotopic (exact) mass is 457 g/mol. The number of nitro benzene ring substituents is 1. The molecule has 1 aliphatic heterocycles. The van der Waals surface area contributed by atoms with Gasteiger partial charge in [-0.1, -0.05) is 6.42 Å². The number of ether oxygens (including phenoxy) is 1. The van der Waals surface area contributed by atoms with Crippen LogP contribution in [0, 0.1) is 15.9 Å². The molecule has 3 rings (SSSR count). The van der Waals surface area contributed by atoms with Gasteiger partial charge in [0.15, 0.2) is 11.6 Å². The van der Waals surface area contributed by atoms with Crippen LogP contribution in [0.1, 0.15) is 38.3 Å². The fourth-order valence-corrected chi connectivity index (χ4v) is 3.92. The first-order chi connectivity index (χ1) is 15.3. The number of pyridine rings is 1. The van der Waals surface area contributed by atoms with Crippen molar-refractivity contribution >= 4 is 30.7 Å². The van der Waals surface area contributed by atoms with Crippen LogP contribution in [-0.2, 0) is 4.79 Å². The fraction of sp³-hybridized carbons (Fsp3) is 0.304. The molecule has 0 saturated carbocycles. The van der Waals surface area contributed by atoms with E-state index in [1.165, 1.54) is 18.3 Å². The van der Waals surface area contributed by atoms with E-state index < -0.39 is 10.7 Å². The Hall–Kier alpha value is -3.20. The molecule has 1 aliphatic rings. The fourth-order valence-electron chi connectivity index (χ4n) is 3.68. The molecule has 0 spiro atoms. The average Bonchev–Trinajstić information content (AvgIpc) is 2.74. The Morgan fingerprint density at radius 3 is 2.81 bits per heavy atom. The van der Waals surface area contributed by atoms with E-state index in [1.807, 2.05) is 31.1 Å². The molecule has 9 heteroatoms. The Morgan fingerprint density at radius 2 is 2.12 bits per heavy atom. The highest BCUT2D eigenvalue weighted by molar-refractivity contribution is 7.80. The van der Waals surface area contributed by atoms with Gasteiger partial charge in [0.25, 0.3) is 5.69 Å². The number of halogens is 1. The van der Waals surface area contributed by atoms with Crippen LogP contribution in [0.25, 0.3) is 6.08 Å². The van der Waals surface area contributed by atoms with Crippen LogP contribution < -0.4 is 4.74 Å². The van der Waals surface area contributed by atoms with Crippen LogP contribution in [0.15, 0.2) is 52.7 Å². The Morgan fingerprint density at radius 1 is 1.34 bits per heavy atom. The molecule has 0 saturated heterocycles. The van der Waals surface area contributed by atoms with E-state index in [1.54, 1.807) is 6.07 Å². The largest absolute Gasteiger partial charge is 0.453 e. The number of carbonyl (C=O) groups is 1. The summed E-state index contributed by atoms with van der Waals surface area (Å²) in [4.78, 5) is 28.2. The van der Waals surface area contributed by atoms with Gasteiger partial charge >= 0.3 is 0 Å². The highest BCUT2D eigenvalue weighted by Gasteiger charge is 2.19. The second-order valence-electron chi connectivity index (χ2n) is 7.65. The number of aldehydes is 1. The van der Waals surface area contributed by atoms with Crippen molar-refractivity contribution in [1.29, 1.82) is 0 Å². The molecule has 168 valence electrons. The molecule has 1 aromatic carbocycles. The number of hydrogen-bond donors (Lipinski definition) is 1. The highest BCUT2D eigenvalue weighted by Crippen LogP contribution is 2.33. The molecule has 0 N–H and O–H groups in total.